The Balaban J connectivity index is 2.16. The van der Waals surface area contributed by atoms with Crippen molar-refractivity contribution >= 4 is 11.6 Å². The lowest BCUT2D eigenvalue weighted by atomic mass is 10.1. The summed E-state index contributed by atoms with van der Waals surface area (Å²) in [4.78, 5) is 12.4. The molecule has 1 aromatic carbocycles. The van der Waals surface area contributed by atoms with Gasteiger partial charge in [-0.25, -0.2) is 0 Å². The average Bonchev–Trinajstić information content (AvgIpc) is 2.49. The van der Waals surface area contributed by atoms with E-state index in [9.17, 15) is 4.79 Å². The van der Waals surface area contributed by atoms with Gasteiger partial charge in [0.25, 0.3) is 0 Å². The number of carbonyl (C=O) groups excluding carboxylic acids is 1. The Hall–Kier alpha value is -1.79. The first-order chi connectivity index (χ1) is 10.1. The fourth-order valence-corrected chi connectivity index (χ4v) is 2.35. The van der Waals surface area contributed by atoms with E-state index in [2.05, 4.69) is 10.6 Å². The molecule has 2 rings (SSSR count). The smallest absolute Gasteiger partial charge is 0.244 e. The van der Waals surface area contributed by atoms with Crippen molar-refractivity contribution in [2.45, 2.75) is 26.0 Å². The normalized spacial score (nSPS) is 21.7. The molecule has 1 saturated heterocycles. The van der Waals surface area contributed by atoms with E-state index in [-0.39, 0.29) is 18.1 Å². The number of hydrogen-bond acceptors (Lipinski definition) is 5. The highest BCUT2D eigenvalue weighted by Gasteiger charge is 2.28. The maximum Gasteiger partial charge on any atom is 0.244 e. The van der Waals surface area contributed by atoms with E-state index in [4.69, 9.17) is 14.2 Å². The first-order valence-electron chi connectivity index (χ1n) is 6.95. The Bertz CT molecular complexity index is 519. The van der Waals surface area contributed by atoms with Crippen molar-refractivity contribution in [3.05, 3.63) is 17.7 Å². The molecule has 0 aliphatic carbocycles. The summed E-state index contributed by atoms with van der Waals surface area (Å²) < 4.78 is 16.0. The Morgan fingerprint density at radius 2 is 2.00 bits per heavy atom. The minimum absolute atomic E-state index is 0.113. The molecule has 1 aromatic rings. The van der Waals surface area contributed by atoms with Crippen LogP contribution >= 0.6 is 0 Å². The molecule has 1 aliphatic rings. The van der Waals surface area contributed by atoms with Gasteiger partial charge in [0.2, 0.25) is 5.91 Å². The van der Waals surface area contributed by atoms with Crippen LogP contribution < -0.4 is 20.1 Å². The first-order valence-corrected chi connectivity index (χ1v) is 6.95. The average molecular weight is 294 g/mol. The molecule has 6 heteroatoms. The lowest BCUT2D eigenvalue weighted by molar-refractivity contribution is -0.123. The number of nitrogens with one attached hydrogen (secondary N) is 2. The number of ether oxygens (including phenoxy) is 3. The van der Waals surface area contributed by atoms with E-state index in [0.717, 1.165) is 5.56 Å². The highest BCUT2D eigenvalue weighted by atomic mass is 16.5. The van der Waals surface area contributed by atoms with Gasteiger partial charge in [-0.05, 0) is 25.5 Å². The number of carbonyl (C=O) groups is 1. The number of anilines is 1. The van der Waals surface area contributed by atoms with Crippen LogP contribution in [0.4, 0.5) is 5.69 Å². The van der Waals surface area contributed by atoms with Gasteiger partial charge in [-0.3, -0.25) is 4.79 Å². The summed E-state index contributed by atoms with van der Waals surface area (Å²) in [7, 11) is 3.15. The minimum Gasteiger partial charge on any atom is -0.493 e. The molecule has 116 valence electrons. The number of aryl methyl sites for hydroxylation is 1. The number of rotatable bonds is 4. The molecular weight excluding hydrogens is 272 g/mol. The van der Waals surface area contributed by atoms with E-state index in [1.165, 1.54) is 0 Å². The number of amides is 1. The lowest BCUT2D eigenvalue weighted by Gasteiger charge is -2.29. The molecule has 0 unspecified atom stereocenters. The van der Waals surface area contributed by atoms with Gasteiger partial charge in [0.15, 0.2) is 11.5 Å². The summed E-state index contributed by atoms with van der Waals surface area (Å²) in [5, 5.41) is 6.09. The fraction of sp³-hybridized carbons (Fsp3) is 0.533. The maximum absolute atomic E-state index is 12.4. The van der Waals surface area contributed by atoms with Crippen LogP contribution in [0.15, 0.2) is 12.1 Å². The summed E-state index contributed by atoms with van der Waals surface area (Å²) in [6.45, 7) is 5.09. The van der Waals surface area contributed by atoms with E-state index in [1.807, 2.05) is 19.9 Å². The van der Waals surface area contributed by atoms with Crippen LogP contribution in [0.3, 0.4) is 0 Å². The highest BCUT2D eigenvalue weighted by molar-refractivity contribution is 5.96. The van der Waals surface area contributed by atoms with Crippen molar-refractivity contribution in [1.82, 2.24) is 5.32 Å². The number of benzene rings is 1. The van der Waals surface area contributed by atoms with Gasteiger partial charge in [-0.2, -0.15) is 0 Å². The van der Waals surface area contributed by atoms with E-state index in [1.54, 1.807) is 20.3 Å². The molecule has 6 nitrogen and oxygen atoms in total. The molecule has 0 saturated carbocycles. The summed E-state index contributed by atoms with van der Waals surface area (Å²) in [6.07, 6.45) is -0.154. The predicted octanol–water partition coefficient (Wildman–Crippen LogP) is 1.33. The van der Waals surface area contributed by atoms with Crippen LogP contribution in [0.5, 0.6) is 11.5 Å². The van der Waals surface area contributed by atoms with Gasteiger partial charge in [0.05, 0.1) is 26.9 Å². The molecule has 1 heterocycles. The topological polar surface area (TPSA) is 68.8 Å². The summed E-state index contributed by atoms with van der Waals surface area (Å²) >= 11 is 0. The number of methoxy groups -OCH3 is 2. The second kappa shape index (κ2) is 6.78. The molecule has 1 amide bonds. The van der Waals surface area contributed by atoms with Crippen molar-refractivity contribution in [2.75, 3.05) is 32.7 Å². The molecular formula is C15H22N2O4. The summed E-state index contributed by atoms with van der Waals surface area (Å²) in [5.41, 5.74) is 1.61. The van der Waals surface area contributed by atoms with E-state index in [0.29, 0.717) is 30.3 Å². The number of hydrogen-bond donors (Lipinski definition) is 2. The fourth-order valence-electron chi connectivity index (χ4n) is 2.35. The summed E-state index contributed by atoms with van der Waals surface area (Å²) in [5.74, 6) is 1.11. The molecule has 0 spiro atoms. The lowest BCUT2D eigenvalue weighted by Crippen LogP contribution is -2.53. The predicted molar refractivity (Wildman–Crippen MR) is 80.1 cm³/mol. The Morgan fingerprint density at radius 3 is 2.62 bits per heavy atom. The third kappa shape index (κ3) is 3.46. The Kier molecular flexibility index (Phi) is 5.03. The minimum atomic E-state index is -0.355. The zero-order chi connectivity index (χ0) is 15.4. The van der Waals surface area contributed by atoms with Crippen LogP contribution in [0, 0.1) is 6.92 Å². The highest BCUT2D eigenvalue weighted by Crippen LogP contribution is 2.33. The molecule has 1 fully saturated rings. The third-order valence-electron chi connectivity index (χ3n) is 3.59. The first kappa shape index (κ1) is 15.6. The van der Waals surface area contributed by atoms with E-state index < -0.39 is 0 Å². The summed E-state index contributed by atoms with van der Waals surface area (Å²) in [6, 6.07) is 3.24. The molecule has 2 atom stereocenters. The Morgan fingerprint density at radius 1 is 1.33 bits per heavy atom. The molecule has 2 N–H and O–H groups in total. The molecule has 0 radical (unpaired) electrons. The second-order valence-corrected chi connectivity index (χ2v) is 5.02. The van der Waals surface area contributed by atoms with Gasteiger partial charge in [0, 0.05) is 18.3 Å². The maximum atomic E-state index is 12.4. The van der Waals surface area contributed by atoms with Crippen molar-refractivity contribution in [3.63, 3.8) is 0 Å². The zero-order valence-electron chi connectivity index (χ0n) is 12.9. The SMILES string of the molecule is COc1cc(C)c(NC(=O)[C@H]2NCCO[C@@H]2C)cc1OC. The second-order valence-electron chi connectivity index (χ2n) is 5.02. The van der Waals surface area contributed by atoms with Crippen LogP contribution in [0.2, 0.25) is 0 Å². The van der Waals surface area contributed by atoms with Gasteiger partial charge in [-0.1, -0.05) is 0 Å². The van der Waals surface area contributed by atoms with Crippen molar-refractivity contribution < 1.29 is 19.0 Å². The standard InChI is InChI=1S/C15H22N2O4/c1-9-7-12(19-3)13(20-4)8-11(9)17-15(18)14-10(2)21-6-5-16-14/h7-8,10,14,16H,5-6H2,1-4H3,(H,17,18)/t10-,14+/m1/s1. The third-order valence-corrected chi connectivity index (χ3v) is 3.59. The van der Waals surface area contributed by atoms with Crippen LogP contribution in [0.1, 0.15) is 12.5 Å². The van der Waals surface area contributed by atoms with Gasteiger partial charge in [-0.15, -0.1) is 0 Å². The van der Waals surface area contributed by atoms with Crippen LogP contribution in [-0.4, -0.2) is 45.4 Å². The molecule has 0 bridgehead atoms. The van der Waals surface area contributed by atoms with Gasteiger partial charge in [0.1, 0.15) is 6.04 Å². The largest absolute Gasteiger partial charge is 0.493 e. The van der Waals surface area contributed by atoms with Crippen molar-refractivity contribution in [3.8, 4) is 11.5 Å². The zero-order valence-corrected chi connectivity index (χ0v) is 12.9. The van der Waals surface area contributed by atoms with Gasteiger partial charge < -0.3 is 24.8 Å². The van der Waals surface area contributed by atoms with E-state index >= 15 is 0 Å². The molecule has 1 aliphatic heterocycles. The van der Waals surface area contributed by atoms with Crippen LogP contribution in [0.25, 0.3) is 0 Å². The Labute approximate surface area is 124 Å². The van der Waals surface area contributed by atoms with Crippen LogP contribution in [-0.2, 0) is 9.53 Å². The van der Waals surface area contributed by atoms with Gasteiger partial charge >= 0.3 is 0 Å². The quantitative estimate of drug-likeness (QED) is 0.877. The molecule has 0 aromatic heterocycles. The van der Waals surface area contributed by atoms with Crippen molar-refractivity contribution in [1.29, 1.82) is 0 Å². The monoisotopic (exact) mass is 294 g/mol. The molecule has 21 heavy (non-hydrogen) atoms. The number of morpholine rings is 1. The van der Waals surface area contributed by atoms with Crippen molar-refractivity contribution in [2.24, 2.45) is 0 Å².